The number of benzene rings is 1. The van der Waals surface area contributed by atoms with Gasteiger partial charge in [0.2, 0.25) is 5.91 Å². The molecule has 0 radical (unpaired) electrons. The number of ether oxygens (including phenoxy) is 1. The van der Waals surface area contributed by atoms with Gasteiger partial charge in [-0.3, -0.25) is 4.79 Å². The van der Waals surface area contributed by atoms with E-state index < -0.39 is 9.84 Å². The first-order valence-corrected chi connectivity index (χ1v) is 10.4. The summed E-state index contributed by atoms with van der Waals surface area (Å²) in [7, 11) is -3.12. The maximum absolute atomic E-state index is 12.1. The third kappa shape index (κ3) is 6.15. The molecule has 134 valence electrons. The van der Waals surface area contributed by atoms with Gasteiger partial charge in [0.15, 0.2) is 9.84 Å². The molecule has 0 bridgehead atoms. The van der Waals surface area contributed by atoms with E-state index in [1.807, 2.05) is 31.2 Å². The Kier molecular flexibility index (Phi) is 7.09. The fraction of sp³-hybridized carbons (Fsp3) is 0.611. The Bertz CT molecular complexity index is 636. The number of aryl methyl sites for hydroxylation is 1. The average Bonchev–Trinajstić information content (AvgIpc) is 3.08. The Hall–Kier alpha value is -1.56. The van der Waals surface area contributed by atoms with Crippen LogP contribution in [0.25, 0.3) is 0 Å². The summed E-state index contributed by atoms with van der Waals surface area (Å²) >= 11 is 0. The molecule has 0 saturated heterocycles. The predicted octanol–water partition coefficient (Wildman–Crippen LogP) is 2.63. The van der Waals surface area contributed by atoms with Crippen molar-refractivity contribution in [1.82, 2.24) is 5.32 Å². The quantitative estimate of drug-likeness (QED) is 0.693. The van der Waals surface area contributed by atoms with Gasteiger partial charge < -0.3 is 10.1 Å². The molecule has 0 atom stereocenters. The zero-order valence-corrected chi connectivity index (χ0v) is 15.1. The molecule has 1 aromatic rings. The standard InChI is InChI=1S/C18H27NO4S/c1-15-6-4-7-16(14-15)23-12-5-11-19-18(20)10-13-24(21,22)17-8-2-3-9-17/h4,6-7,14,17H,2-3,5,8-13H2,1H3,(H,19,20). The summed E-state index contributed by atoms with van der Waals surface area (Å²) in [5.41, 5.74) is 1.14. The van der Waals surface area contributed by atoms with Gasteiger partial charge in [-0.05, 0) is 43.9 Å². The molecule has 24 heavy (non-hydrogen) atoms. The van der Waals surface area contributed by atoms with E-state index in [1.165, 1.54) is 0 Å². The summed E-state index contributed by atoms with van der Waals surface area (Å²) in [4.78, 5) is 11.8. The lowest BCUT2D eigenvalue weighted by Gasteiger charge is -2.11. The van der Waals surface area contributed by atoms with Crippen molar-refractivity contribution in [2.24, 2.45) is 0 Å². The monoisotopic (exact) mass is 353 g/mol. The Morgan fingerprint density at radius 1 is 1.29 bits per heavy atom. The lowest BCUT2D eigenvalue weighted by molar-refractivity contribution is -0.120. The van der Waals surface area contributed by atoms with E-state index in [-0.39, 0.29) is 23.3 Å². The van der Waals surface area contributed by atoms with Gasteiger partial charge >= 0.3 is 0 Å². The molecule has 0 aromatic heterocycles. The smallest absolute Gasteiger partial charge is 0.221 e. The maximum atomic E-state index is 12.1. The molecular formula is C18H27NO4S. The van der Waals surface area contributed by atoms with E-state index in [9.17, 15) is 13.2 Å². The largest absolute Gasteiger partial charge is 0.494 e. The van der Waals surface area contributed by atoms with Crippen LogP contribution in [0.4, 0.5) is 0 Å². The molecule has 1 aromatic carbocycles. The Labute approximate surface area is 144 Å². The van der Waals surface area contributed by atoms with E-state index >= 15 is 0 Å². The van der Waals surface area contributed by atoms with E-state index in [1.54, 1.807) is 0 Å². The maximum Gasteiger partial charge on any atom is 0.221 e. The highest BCUT2D eigenvalue weighted by atomic mass is 32.2. The Morgan fingerprint density at radius 2 is 2.04 bits per heavy atom. The molecule has 5 nitrogen and oxygen atoms in total. The second kappa shape index (κ2) is 9.06. The van der Waals surface area contributed by atoms with Gasteiger partial charge in [0.1, 0.15) is 5.75 Å². The van der Waals surface area contributed by atoms with Crippen LogP contribution >= 0.6 is 0 Å². The van der Waals surface area contributed by atoms with Gasteiger partial charge in [0, 0.05) is 13.0 Å². The highest BCUT2D eigenvalue weighted by Crippen LogP contribution is 2.25. The van der Waals surface area contributed by atoms with Crippen molar-refractivity contribution >= 4 is 15.7 Å². The molecular weight excluding hydrogens is 326 g/mol. The minimum atomic E-state index is -3.12. The second-order valence-corrected chi connectivity index (χ2v) is 8.79. The minimum Gasteiger partial charge on any atom is -0.494 e. The van der Waals surface area contributed by atoms with Crippen LogP contribution in [0.15, 0.2) is 24.3 Å². The second-order valence-electron chi connectivity index (χ2n) is 6.39. The van der Waals surface area contributed by atoms with Crippen molar-refractivity contribution in [3.8, 4) is 5.75 Å². The fourth-order valence-corrected chi connectivity index (χ4v) is 4.79. The number of rotatable bonds is 9. The van der Waals surface area contributed by atoms with E-state index in [0.29, 0.717) is 19.6 Å². The van der Waals surface area contributed by atoms with Crippen LogP contribution in [-0.4, -0.2) is 38.5 Å². The summed E-state index contributed by atoms with van der Waals surface area (Å²) in [6, 6.07) is 7.82. The summed E-state index contributed by atoms with van der Waals surface area (Å²) in [5, 5.41) is 2.53. The zero-order chi connectivity index (χ0) is 17.4. The molecule has 2 rings (SSSR count). The fourth-order valence-electron chi connectivity index (χ4n) is 2.93. The molecule has 1 aliphatic rings. The third-order valence-electron chi connectivity index (χ3n) is 4.33. The highest BCUT2D eigenvalue weighted by molar-refractivity contribution is 7.92. The van der Waals surface area contributed by atoms with Crippen LogP contribution in [0.1, 0.15) is 44.1 Å². The summed E-state index contributed by atoms with van der Waals surface area (Å²) in [6.45, 7) is 3.02. The van der Waals surface area contributed by atoms with Crippen LogP contribution < -0.4 is 10.1 Å². The first-order valence-electron chi connectivity index (χ1n) is 8.65. The molecule has 0 spiro atoms. The number of nitrogens with one attached hydrogen (secondary N) is 1. The summed E-state index contributed by atoms with van der Waals surface area (Å²) in [6.07, 6.45) is 4.21. The predicted molar refractivity (Wildman–Crippen MR) is 95.0 cm³/mol. The average molecular weight is 353 g/mol. The Balaban J connectivity index is 1.58. The van der Waals surface area contributed by atoms with Crippen molar-refractivity contribution in [3.05, 3.63) is 29.8 Å². The number of carbonyl (C=O) groups is 1. The van der Waals surface area contributed by atoms with Crippen LogP contribution in [0.2, 0.25) is 0 Å². The molecule has 0 heterocycles. The topological polar surface area (TPSA) is 72.5 Å². The van der Waals surface area contributed by atoms with E-state index in [4.69, 9.17) is 4.74 Å². The third-order valence-corrected chi connectivity index (χ3v) is 6.59. The summed E-state index contributed by atoms with van der Waals surface area (Å²) in [5.74, 6) is 0.583. The lowest BCUT2D eigenvalue weighted by atomic mass is 10.2. The number of sulfone groups is 1. The number of carbonyl (C=O) groups excluding carboxylic acids is 1. The van der Waals surface area contributed by atoms with Gasteiger partial charge in [0.05, 0.1) is 17.6 Å². The van der Waals surface area contributed by atoms with Gasteiger partial charge in [-0.1, -0.05) is 25.0 Å². The molecule has 1 fully saturated rings. The normalized spacial score (nSPS) is 15.4. The molecule has 1 saturated carbocycles. The van der Waals surface area contributed by atoms with Crippen LogP contribution in [0.5, 0.6) is 5.75 Å². The number of amides is 1. The van der Waals surface area contributed by atoms with Gasteiger partial charge in [-0.25, -0.2) is 8.42 Å². The van der Waals surface area contributed by atoms with Gasteiger partial charge in [-0.2, -0.15) is 0 Å². The highest BCUT2D eigenvalue weighted by Gasteiger charge is 2.28. The minimum absolute atomic E-state index is 0.0384. The lowest BCUT2D eigenvalue weighted by Crippen LogP contribution is -2.29. The van der Waals surface area contributed by atoms with Crippen molar-refractivity contribution in [2.75, 3.05) is 18.9 Å². The van der Waals surface area contributed by atoms with E-state index in [2.05, 4.69) is 5.32 Å². The van der Waals surface area contributed by atoms with Crippen molar-refractivity contribution < 1.29 is 17.9 Å². The SMILES string of the molecule is Cc1cccc(OCCCNC(=O)CCS(=O)(=O)C2CCCC2)c1. The van der Waals surface area contributed by atoms with Crippen LogP contribution in [-0.2, 0) is 14.6 Å². The number of hydrogen-bond donors (Lipinski definition) is 1. The van der Waals surface area contributed by atoms with E-state index in [0.717, 1.165) is 37.0 Å². The molecule has 0 unspecified atom stereocenters. The molecule has 1 aliphatic carbocycles. The van der Waals surface area contributed by atoms with Gasteiger partial charge in [-0.15, -0.1) is 0 Å². The van der Waals surface area contributed by atoms with Crippen molar-refractivity contribution in [1.29, 1.82) is 0 Å². The van der Waals surface area contributed by atoms with Crippen LogP contribution in [0, 0.1) is 6.92 Å². The first-order chi connectivity index (χ1) is 11.5. The molecule has 0 aliphatic heterocycles. The first kappa shape index (κ1) is 18.8. The Morgan fingerprint density at radius 3 is 2.75 bits per heavy atom. The van der Waals surface area contributed by atoms with Crippen molar-refractivity contribution in [2.45, 2.75) is 50.7 Å². The molecule has 1 amide bonds. The molecule has 1 N–H and O–H groups in total. The molecule has 6 heteroatoms. The zero-order valence-electron chi connectivity index (χ0n) is 14.3. The summed E-state index contributed by atoms with van der Waals surface area (Å²) < 4.78 is 29.8. The van der Waals surface area contributed by atoms with Crippen LogP contribution in [0.3, 0.4) is 0 Å². The number of hydrogen-bond acceptors (Lipinski definition) is 4. The van der Waals surface area contributed by atoms with Gasteiger partial charge in [0.25, 0.3) is 0 Å². The van der Waals surface area contributed by atoms with Crippen molar-refractivity contribution in [3.63, 3.8) is 0 Å².